The minimum absolute atomic E-state index is 0.0679. The van der Waals surface area contributed by atoms with Crippen molar-refractivity contribution in [3.8, 4) is 0 Å². The molecule has 1 atom stereocenters. The Morgan fingerprint density at radius 1 is 1.61 bits per heavy atom. The Morgan fingerprint density at radius 3 is 2.67 bits per heavy atom. The first-order valence-corrected chi connectivity index (χ1v) is 5.33. The molecule has 0 saturated heterocycles. The Hall–Kier alpha value is -1.73. The topological polar surface area (TPSA) is 64.9 Å². The Morgan fingerprint density at radius 2 is 2.22 bits per heavy atom. The molecule has 1 heterocycles. The summed E-state index contributed by atoms with van der Waals surface area (Å²) in [7, 11) is 1.16. The summed E-state index contributed by atoms with van der Waals surface area (Å²) in [5.74, 6) is -1.38. The molecule has 0 spiro atoms. The van der Waals surface area contributed by atoms with Crippen molar-refractivity contribution in [1.82, 2.24) is 10.2 Å². The number of carbonyl (C=O) groups is 1. The summed E-state index contributed by atoms with van der Waals surface area (Å²) in [6.07, 6.45) is -5.19. The second-order valence-corrected chi connectivity index (χ2v) is 3.80. The number of carboxylic acid groups (broad SMARTS) is 1. The van der Waals surface area contributed by atoms with Crippen molar-refractivity contribution in [1.29, 1.82) is 0 Å². The van der Waals surface area contributed by atoms with Crippen molar-refractivity contribution in [2.75, 3.05) is 13.6 Å². The van der Waals surface area contributed by atoms with Gasteiger partial charge in [0, 0.05) is 19.8 Å². The summed E-state index contributed by atoms with van der Waals surface area (Å²) in [6.45, 7) is 2.21. The standard InChI is InChI=1S/C10H14F3N3O2/c1-3-4-14-7-6(8(17)18)5-15-9(16(7)2)10(11,12)13/h5,9,14H,3-4H2,1-2H3,(H,17,18). The van der Waals surface area contributed by atoms with Gasteiger partial charge in [0.1, 0.15) is 11.4 Å². The van der Waals surface area contributed by atoms with Crippen LogP contribution in [0.15, 0.2) is 16.4 Å². The minimum Gasteiger partial charge on any atom is -0.478 e. The van der Waals surface area contributed by atoms with E-state index in [0.717, 1.165) is 18.2 Å². The van der Waals surface area contributed by atoms with E-state index < -0.39 is 18.3 Å². The van der Waals surface area contributed by atoms with Crippen molar-refractivity contribution in [2.24, 2.45) is 4.99 Å². The molecule has 0 radical (unpaired) electrons. The Bertz CT molecular complexity index is 390. The van der Waals surface area contributed by atoms with Gasteiger partial charge in [-0.3, -0.25) is 4.99 Å². The zero-order chi connectivity index (χ0) is 13.9. The van der Waals surface area contributed by atoms with Gasteiger partial charge < -0.3 is 15.3 Å². The highest BCUT2D eigenvalue weighted by Crippen LogP contribution is 2.29. The van der Waals surface area contributed by atoms with Gasteiger partial charge in [0.25, 0.3) is 0 Å². The highest BCUT2D eigenvalue weighted by molar-refractivity contribution is 6.09. The van der Waals surface area contributed by atoms with E-state index in [0.29, 0.717) is 13.0 Å². The molecule has 102 valence electrons. The predicted octanol–water partition coefficient (Wildman–Crippen LogP) is 1.19. The molecule has 5 nitrogen and oxygen atoms in total. The molecule has 0 aromatic carbocycles. The van der Waals surface area contributed by atoms with Gasteiger partial charge in [-0.1, -0.05) is 6.92 Å². The van der Waals surface area contributed by atoms with Crippen molar-refractivity contribution in [3.05, 3.63) is 11.4 Å². The fourth-order valence-electron chi connectivity index (χ4n) is 1.54. The molecule has 1 rings (SSSR count). The summed E-state index contributed by atoms with van der Waals surface area (Å²) in [5, 5.41) is 11.6. The first-order chi connectivity index (χ1) is 8.29. The lowest BCUT2D eigenvalue weighted by Crippen LogP contribution is -2.48. The third kappa shape index (κ3) is 2.93. The lowest BCUT2D eigenvalue weighted by molar-refractivity contribution is -0.174. The van der Waals surface area contributed by atoms with Crippen LogP contribution in [-0.2, 0) is 4.79 Å². The highest BCUT2D eigenvalue weighted by Gasteiger charge is 2.45. The van der Waals surface area contributed by atoms with Gasteiger partial charge in [-0.15, -0.1) is 0 Å². The van der Waals surface area contributed by atoms with Gasteiger partial charge in [-0.2, -0.15) is 13.2 Å². The predicted molar refractivity (Wildman–Crippen MR) is 59.1 cm³/mol. The molecule has 1 aliphatic heterocycles. The molecule has 0 saturated carbocycles. The van der Waals surface area contributed by atoms with Gasteiger partial charge in [0.2, 0.25) is 6.17 Å². The largest absolute Gasteiger partial charge is 0.478 e. The number of aliphatic carboxylic acids is 1. The second kappa shape index (κ2) is 5.28. The summed E-state index contributed by atoms with van der Waals surface area (Å²) in [5.41, 5.74) is -0.272. The van der Waals surface area contributed by atoms with E-state index in [4.69, 9.17) is 5.11 Å². The SMILES string of the molecule is CCCNC1=C(C(=O)O)C=NC(C(F)(F)F)N1C. The fourth-order valence-corrected chi connectivity index (χ4v) is 1.54. The number of hydrogen-bond donors (Lipinski definition) is 2. The number of hydrogen-bond acceptors (Lipinski definition) is 4. The number of rotatable bonds is 4. The summed E-state index contributed by atoms with van der Waals surface area (Å²) in [6, 6.07) is 0. The molecule has 0 fully saturated rings. The van der Waals surface area contributed by atoms with E-state index in [2.05, 4.69) is 10.3 Å². The molecule has 2 N–H and O–H groups in total. The minimum atomic E-state index is -4.55. The van der Waals surface area contributed by atoms with Gasteiger partial charge in [-0.05, 0) is 6.42 Å². The highest BCUT2D eigenvalue weighted by atomic mass is 19.4. The number of nitrogens with zero attached hydrogens (tertiary/aromatic N) is 2. The molecule has 0 amide bonds. The zero-order valence-electron chi connectivity index (χ0n) is 9.95. The van der Waals surface area contributed by atoms with E-state index in [9.17, 15) is 18.0 Å². The first-order valence-electron chi connectivity index (χ1n) is 5.33. The molecule has 8 heteroatoms. The van der Waals surface area contributed by atoms with Gasteiger partial charge in [-0.25, -0.2) is 4.79 Å². The smallest absolute Gasteiger partial charge is 0.429 e. The number of nitrogens with one attached hydrogen (secondary N) is 1. The van der Waals surface area contributed by atoms with Crippen LogP contribution < -0.4 is 5.32 Å². The normalized spacial score (nSPS) is 20.3. The molecule has 1 aliphatic rings. The van der Waals surface area contributed by atoms with Crippen molar-refractivity contribution in [3.63, 3.8) is 0 Å². The van der Waals surface area contributed by atoms with Crippen molar-refractivity contribution in [2.45, 2.75) is 25.7 Å². The zero-order valence-corrected chi connectivity index (χ0v) is 9.95. The fraction of sp³-hybridized carbons (Fsp3) is 0.600. The number of carboxylic acids is 1. The number of aliphatic imine (C=N–C) groups is 1. The first kappa shape index (κ1) is 14.3. The average Bonchev–Trinajstić information content (AvgIpc) is 2.25. The maximum Gasteiger partial charge on any atom is 0.429 e. The van der Waals surface area contributed by atoms with Gasteiger partial charge >= 0.3 is 12.1 Å². The number of alkyl halides is 3. The van der Waals surface area contributed by atoms with E-state index in [-0.39, 0.29) is 11.4 Å². The molecule has 0 aromatic rings. The van der Waals surface area contributed by atoms with Crippen molar-refractivity contribution < 1.29 is 23.1 Å². The van der Waals surface area contributed by atoms with E-state index in [1.165, 1.54) is 0 Å². The Balaban J connectivity index is 3.07. The molecule has 0 bridgehead atoms. The third-order valence-corrected chi connectivity index (χ3v) is 2.39. The Kier molecular flexibility index (Phi) is 4.20. The van der Waals surface area contributed by atoms with Crippen LogP contribution in [-0.4, -0.2) is 48.1 Å². The van der Waals surface area contributed by atoms with Crippen LogP contribution in [0.4, 0.5) is 13.2 Å². The lowest BCUT2D eigenvalue weighted by Gasteiger charge is -2.34. The maximum absolute atomic E-state index is 12.7. The van der Waals surface area contributed by atoms with Gasteiger partial charge in [0.05, 0.1) is 0 Å². The molecular weight excluding hydrogens is 251 g/mol. The molecule has 0 aromatic heterocycles. The summed E-state index contributed by atoms with van der Waals surface area (Å²) >= 11 is 0. The van der Waals surface area contributed by atoms with Crippen LogP contribution in [0.25, 0.3) is 0 Å². The van der Waals surface area contributed by atoms with Crippen molar-refractivity contribution >= 4 is 12.2 Å². The van der Waals surface area contributed by atoms with Crippen LogP contribution in [0.3, 0.4) is 0 Å². The molecule has 0 aliphatic carbocycles. The van der Waals surface area contributed by atoms with Crippen LogP contribution in [0, 0.1) is 0 Å². The van der Waals surface area contributed by atoms with Gasteiger partial charge in [0.15, 0.2) is 0 Å². The van der Waals surface area contributed by atoms with E-state index >= 15 is 0 Å². The maximum atomic E-state index is 12.7. The molecular formula is C10H14F3N3O2. The van der Waals surface area contributed by atoms with E-state index in [1.54, 1.807) is 0 Å². The second-order valence-electron chi connectivity index (χ2n) is 3.80. The van der Waals surface area contributed by atoms with E-state index in [1.807, 2.05) is 6.92 Å². The van der Waals surface area contributed by atoms with Crippen LogP contribution >= 0.6 is 0 Å². The Labute approximate surface area is 102 Å². The monoisotopic (exact) mass is 265 g/mol. The lowest BCUT2D eigenvalue weighted by atomic mass is 10.2. The number of halogens is 3. The third-order valence-electron chi connectivity index (χ3n) is 2.39. The molecule has 18 heavy (non-hydrogen) atoms. The van der Waals surface area contributed by atoms with Crippen LogP contribution in [0.2, 0.25) is 0 Å². The summed E-state index contributed by atoms with van der Waals surface area (Å²) in [4.78, 5) is 15.0. The quantitative estimate of drug-likeness (QED) is 0.801. The van der Waals surface area contributed by atoms with Crippen LogP contribution in [0.1, 0.15) is 13.3 Å². The average molecular weight is 265 g/mol. The summed E-state index contributed by atoms with van der Waals surface area (Å²) < 4.78 is 38.0. The van der Waals surface area contributed by atoms with Crippen LogP contribution in [0.5, 0.6) is 0 Å². The molecule has 1 unspecified atom stereocenters.